The molecule has 0 radical (unpaired) electrons. The second-order valence-electron chi connectivity index (χ2n) is 8.22. The van der Waals surface area contributed by atoms with Crippen molar-refractivity contribution in [2.45, 2.75) is 66.0 Å². The average Bonchev–Trinajstić information content (AvgIpc) is 2.91. The van der Waals surface area contributed by atoms with Gasteiger partial charge >= 0.3 is 0 Å². The molecule has 0 bridgehead atoms. The van der Waals surface area contributed by atoms with Gasteiger partial charge in [0.15, 0.2) is 0 Å². The number of amides is 2. The minimum atomic E-state index is -0.182. The molecule has 0 saturated carbocycles. The molecule has 0 aliphatic carbocycles. The first kappa shape index (κ1) is 20.4. The summed E-state index contributed by atoms with van der Waals surface area (Å²) in [6.45, 7) is 12.8. The highest BCUT2D eigenvalue weighted by molar-refractivity contribution is 5.97. The number of allylic oxidation sites excluding steroid dienone is 1. The Bertz CT molecular complexity index is 633. The van der Waals surface area contributed by atoms with Gasteiger partial charge in [-0.05, 0) is 23.8 Å². The molecule has 1 saturated heterocycles. The van der Waals surface area contributed by atoms with Gasteiger partial charge in [0, 0.05) is 24.9 Å². The lowest BCUT2D eigenvalue weighted by molar-refractivity contribution is -0.163. The molecule has 26 heavy (non-hydrogen) atoms. The molecule has 0 N–H and O–H groups in total. The van der Waals surface area contributed by atoms with E-state index in [1.54, 1.807) is 6.08 Å². The Morgan fingerprint density at radius 1 is 1.31 bits per heavy atom. The lowest BCUT2D eigenvalue weighted by Gasteiger charge is -2.38. The van der Waals surface area contributed by atoms with Crippen LogP contribution >= 0.6 is 0 Å². The largest absolute Gasteiger partial charge is 0.273 e. The molecule has 4 nitrogen and oxygen atoms in total. The van der Waals surface area contributed by atoms with Crippen molar-refractivity contribution in [1.82, 2.24) is 10.0 Å². The van der Waals surface area contributed by atoms with Crippen LogP contribution in [0.1, 0.15) is 58.9 Å². The predicted octanol–water partition coefficient (Wildman–Crippen LogP) is 4.57. The summed E-state index contributed by atoms with van der Waals surface area (Å²) in [5.74, 6) is -0.353. The van der Waals surface area contributed by atoms with Crippen molar-refractivity contribution < 1.29 is 9.59 Å². The average molecular weight is 357 g/mol. The summed E-state index contributed by atoms with van der Waals surface area (Å²) in [5, 5.41) is 3.43. The van der Waals surface area contributed by atoms with Crippen molar-refractivity contribution in [3.05, 3.63) is 48.6 Å². The SMILES string of the molecule is C=CCC(CCC)C(=O)N1C(=O)CC(C(C)(C)C)N1Cc1ccccc1. The molecule has 142 valence electrons. The topological polar surface area (TPSA) is 40.6 Å². The third-order valence-corrected chi connectivity index (χ3v) is 5.05. The van der Waals surface area contributed by atoms with Crippen molar-refractivity contribution in [1.29, 1.82) is 0 Å². The van der Waals surface area contributed by atoms with E-state index in [4.69, 9.17) is 0 Å². The standard InChI is InChI=1S/C22H32N2O2/c1-6-11-18(12-7-2)21(26)24-20(25)15-19(22(3,4)5)23(24)16-17-13-9-8-10-14-17/h6,8-10,13-14,18-19H,1,7,11-12,15-16H2,2-5H3. The molecule has 0 aromatic heterocycles. The smallest absolute Gasteiger partial charge is 0.247 e. The molecule has 1 aromatic carbocycles. The van der Waals surface area contributed by atoms with Crippen LogP contribution in [0, 0.1) is 11.3 Å². The summed E-state index contributed by atoms with van der Waals surface area (Å²) in [6, 6.07) is 10.0. The Hall–Kier alpha value is -1.94. The van der Waals surface area contributed by atoms with E-state index in [9.17, 15) is 9.59 Å². The van der Waals surface area contributed by atoms with E-state index >= 15 is 0 Å². The number of nitrogens with zero attached hydrogens (tertiary/aromatic N) is 2. The summed E-state index contributed by atoms with van der Waals surface area (Å²) in [7, 11) is 0. The zero-order valence-corrected chi connectivity index (χ0v) is 16.6. The van der Waals surface area contributed by atoms with Crippen LogP contribution in [0.15, 0.2) is 43.0 Å². The van der Waals surface area contributed by atoms with E-state index in [-0.39, 0.29) is 29.2 Å². The first-order chi connectivity index (χ1) is 12.3. The summed E-state index contributed by atoms with van der Waals surface area (Å²) in [4.78, 5) is 26.0. The number of imide groups is 1. The Morgan fingerprint density at radius 2 is 1.96 bits per heavy atom. The van der Waals surface area contributed by atoms with Crippen LogP contribution in [-0.2, 0) is 16.1 Å². The molecule has 1 aliphatic heterocycles. The fourth-order valence-corrected chi connectivity index (χ4v) is 3.66. The number of carbonyl (C=O) groups excluding carboxylic acids is 2. The highest BCUT2D eigenvalue weighted by Crippen LogP contribution is 2.36. The van der Waals surface area contributed by atoms with Crippen molar-refractivity contribution in [2.75, 3.05) is 0 Å². The maximum absolute atomic E-state index is 13.2. The third kappa shape index (κ3) is 4.61. The lowest BCUT2D eigenvalue weighted by Crippen LogP contribution is -2.50. The van der Waals surface area contributed by atoms with Crippen LogP contribution in [0.2, 0.25) is 0 Å². The minimum absolute atomic E-state index is 0.00478. The molecule has 0 spiro atoms. The highest BCUT2D eigenvalue weighted by atomic mass is 16.2. The van der Waals surface area contributed by atoms with E-state index < -0.39 is 0 Å². The Balaban J connectivity index is 2.35. The second kappa shape index (κ2) is 8.63. The first-order valence-corrected chi connectivity index (χ1v) is 9.57. The number of hydrazine groups is 1. The Labute approximate surface area is 157 Å². The molecule has 1 fully saturated rings. The number of hydrogen-bond acceptors (Lipinski definition) is 3. The minimum Gasteiger partial charge on any atom is -0.273 e. The fraction of sp³-hybridized carbons (Fsp3) is 0.545. The van der Waals surface area contributed by atoms with E-state index in [1.165, 1.54) is 5.01 Å². The van der Waals surface area contributed by atoms with Gasteiger partial charge in [-0.15, -0.1) is 6.58 Å². The van der Waals surface area contributed by atoms with Crippen LogP contribution in [0.3, 0.4) is 0 Å². The second-order valence-corrected chi connectivity index (χ2v) is 8.22. The van der Waals surface area contributed by atoms with E-state index in [0.29, 0.717) is 19.4 Å². The van der Waals surface area contributed by atoms with Crippen LogP contribution in [0.4, 0.5) is 0 Å². The zero-order chi connectivity index (χ0) is 19.3. The lowest BCUT2D eigenvalue weighted by atomic mass is 9.85. The van der Waals surface area contributed by atoms with E-state index in [2.05, 4.69) is 34.3 Å². The predicted molar refractivity (Wildman–Crippen MR) is 105 cm³/mol. The van der Waals surface area contributed by atoms with Crippen LogP contribution < -0.4 is 0 Å². The van der Waals surface area contributed by atoms with Gasteiger partial charge in [0.1, 0.15) is 0 Å². The number of hydrogen-bond donors (Lipinski definition) is 0. The van der Waals surface area contributed by atoms with Gasteiger partial charge < -0.3 is 0 Å². The monoisotopic (exact) mass is 356 g/mol. The number of rotatable bonds is 7. The van der Waals surface area contributed by atoms with Gasteiger partial charge in [0.25, 0.3) is 0 Å². The third-order valence-electron chi connectivity index (χ3n) is 5.05. The van der Waals surface area contributed by atoms with E-state index in [1.807, 2.05) is 35.3 Å². The molecule has 2 unspecified atom stereocenters. The molecule has 2 amide bonds. The molecule has 4 heteroatoms. The first-order valence-electron chi connectivity index (χ1n) is 9.57. The molecule has 1 aromatic rings. The Kier molecular flexibility index (Phi) is 6.76. The highest BCUT2D eigenvalue weighted by Gasteiger charge is 2.47. The van der Waals surface area contributed by atoms with Crippen molar-refractivity contribution in [2.24, 2.45) is 11.3 Å². The van der Waals surface area contributed by atoms with Gasteiger partial charge in [-0.1, -0.05) is 70.5 Å². The van der Waals surface area contributed by atoms with Crippen LogP contribution in [0.5, 0.6) is 0 Å². The molecular weight excluding hydrogens is 324 g/mol. The summed E-state index contributed by atoms with van der Waals surface area (Å²) in [5.41, 5.74) is 1.00. The molecule has 2 atom stereocenters. The summed E-state index contributed by atoms with van der Waals surface area (Å²) in [6.07, 6.45) is 4.45. The van der Waals surface area contributed by atoms with Crippen molar-refractivity contribution in [3.8, 4) is 0 Å². The maximum Gasteiger partial charge on any atom is 0.247 e. The van der Waals surface area contributed by atoms with Gasteiger partial charge in [-0.2, -0.15) is 0 Å². The van der Waals surface area contributed by atoms with Crippen molar-refractivity contribution in [3.63, 3.8) is 0 Å². The van der Waals surface area contributed by atoms with Crippen LogP contribution in [-0.4, -0.2) is 27.9 Å². The molecule has 1 heterocycles. The van der Waals surface area contributed by atoms with Gasteiger partial charge in [-0.3, -0.25) is 9.59 Å². The maximum atomic E-state index is 13.2. The molecular formula is C22H32N2O2. The van der Waals surface area contributed by atoms with Gasteiger partial charge in [0.05, 0.1) is 0 Å². The fourth-order valence-electron chi connectivity index (χ4n) is 3.66. The zero-order valence-electron chi connectivity index (χ0n) is 16.6. The van der Waals surface area contributed by atoms with Crippen LogP contribution in [0.25, 0.3) is 0 Å². The number of carbonyl (C=O) groups is 2. The quantitative estimate of drug-likeness (QED) is 0.672. The molecule has 2 rings (SSSR count). The normalized spacial score (nSPS) is 19.6. The summed E-state index contributed by atoms with van der Waals surface area (Å²) >= 11 is 0. The summed E-state index contributed by atoms with van der Waals surface area (Å²) < 4.78 is 0. The van der Waals surface area contributed by atoms with Crippen molar-refractivity contribution >= 4 is 11.8 Å². The molecule has 1 aliphatic rings. The number of benzene rings is 1. The Morgan fingerprint density at radius 3 is 2.50 bits per heavy atom. The van der Waals surface area contributed by atoms with Gasteiger partial charge in [0.2, 0.25) is 11.8 Å². The van der Waals surface area contributed by atoms with E-state index in [0.717, 1.165) is 18.4 Å². The van der Waals surface area contributed by atoms with Gasteiger partial charge in [-0.25, -0.2) is 10.0 Å².